The molecule has 2 aromatic rings. The Balaban J connectivity index is 2.80. The second-order valence-corrected chi connectivity index (χ2v) is 4.10. The first-order chi connectivity index (χ1) is 6.22. The molecule has 0 bridgehead atoms. The van der Waals surface area contributed by atoms with Gasteiger partial charge in [-0.3, -0.25) is 0 Å². The molecule has 0 fully saturated rings. The van der Waals surface area contributed by atoms with Crippen molar-refractivity contribution in [3.8, 4) is 0 Å². The minimum atomic E-state index is 0.359. The number of fused-ring (bicyclic) bond motifs is 1. The summed E-state index contributed by atoms with van der Waals surface area (Å²) in [4.78, 5) is 7.32. The smallest absolute Gasteiger partial charge is 0.122 e. The summed E-state index contributed by atoms with van der Waals surface area (Å²) in [5.74, 6) is 1.09. The molecule has 13 heavy (non-hydrogen) atoms. The van der Waals surface area contributed by atoms with E-state index in [9.17, 15) is 0 Å². The monoisotopic (exact) mass is 278 g/mol. The SMILES string of the molecule is ClCc1nc2c(Cl)ccc(Br)c2[nH]1. The maximum atomic E-state index is 5.95. The zero-order valence-electron chi connectivity index (χ0n) is 6.44. The fourth-order valence-electron chi connectivity index (χ4n) is 1.14. The summed E-state index contributed by atoms with van der Waals surface area (Å²) >= 11 is 15.0. The first-order valence-electron chi connectivity index (χ1n) is 3.61. The van der Waals surface area contributed by atoms with E-state index in [4.69, 9.17) is 23.2 Å². The highest BCUT2D eigenvalue weighted by Gasteiger charge is 2.08. The summed E-state index contributed by atoms with van der Waals surface area (Å²) in [5.41, 5.74) is 1.65. The molecule has 68 valence electrons. The molecule has 0 saturated carbocycles. The van der Waals surface area contributed by atoms with E-state index in [1.165, 1.54) is 0 Å². The second kappa shape index (κ2) is 3.48. The van der Waals surface area contributed by atoms with Crippen LogP contribution in [0.1, 0.15) is 5.82 Å². The van der Waals surface area contributed by atoms with Crippen molar-refractivity contribution in [2.45, 2.75) is 5.88 Å². The summed E-state index contributed by atoms with van der Waals surface area (Å²) in [6, 6.07) is 3.67. The number of hydrogen-bond acceptors (Lipinski definition) is 1. The summed E-state index contributed by atoms with van der Waals surface area (Å²) in [7, 11) is 0. The Kier molecular flexibility index (Phi) is 2.49. The van der Waals surface area contributed by atoms with Crippen LogP contribution in [0.2, 0.25) is 5.02 Å². The van der Waals surface area contributed by atoms with Crippen LogP contribution in [-0.4, -0.2) is 9.97 Å². The maximum absolute atomic E-state index is 5.95. The fraction of sp³-hybridized carbons (Fsp3) is 0.125. The molecule has 0 unspecified atom stereocenters. The van der Waals surface area contributed by atoms with Crippen LogP contribution >= 0.6 is 39.1 Å². The van der Waals surface area contributed by atoms with Crippen LogP contribution in [0, 0.1) is 0 Å². The number of aromatic amines is 1. The summed E-state index contributed by atoms with van der Waals surface area (Å²) in [6.45, 7) is 0. The van der Waals surface area contributed by atoms with Crippen LogP contribution in [0.5, 0.6) is 0 Å². The van der Waals surface area contributed by atoms with Gasteiger partial charge in [-0.25, -0.2) is 4.98 Å². The predicted octanol–water partition coefficient (Wildman–Crippen LogP) is 3.72. The molecule has 0 aliphatic heterocycles. The normalized spacial score (nSPS) is 11.0. The van der Waals surface area contributed by atoms with Gasteiger partial charge in [0.15, 0.2) is 0 Å². The lowest BCUT2D eigenvalue weighted by atomic mass is 10.3. The molecule has 5 heteroatoms. The number of benzene rings is 1. The number of aromatic nitrogens is 2. The molecule has 0 saturated heterocycles. The van der Waals surface area contributed by atoms with Gasteiger partial charge in [-0.15, -0.1) is 11.6 Å². The van der Waals surface area contributed by atoms with Crippen molar-refractivity contribution in [2.75, 3.05) is 0 Å². The highest BCUT2D eigenvalue weighted by molar-refractivity contribution is 9.10. The Morgan fingerprint density at radius 1 is 1.46 bits per heavy atom. The van der Waals surface area contributed by atoms with E-state index in [2.05, 4.69) is 25.9 Å². The lowest BCUT2D eigenvalue weighted by molar-refractivity contribution is 1.13. The lowest BCUT2D eigenvalue weighted by Crippen LogP contribution is -1.77. The predicted molar refractivity (Wildman–Crippen MR) is 58.4 cm³/mol. The zero-order valence-corrected chi connectivity index (χ0v) is 9.54. The number of alkyl halides is 1. The van der Waals surface area contributed by atoms with Crippen molar-refractivity contribution in [1.29, 1.82) is 0 Å². The number of rotatable bonds is 1. The molecule has 2 nitrogen and oxygen atoms in total. The number of halogens is 3. The molecule has 2 rings (SSSR count). The first kappa shape index (κ1) is 9.31. The third kappa shape index (κ3) is 1.56. The van der Waals surface area contributed by atoms with Crippen molar-refractivity contribution in [3.63, 3.8) is 0 Å². The molecule has 0 amide bonds. The van der Waals surface area contributed by atoms with Crippen LogP contribution in [0.3, 0.4) is 0 Å². The molecule has 1 N–H and O–H groups in total. The van der Waals surface area contributed by atoms with Gasteiger partial charge < -0.3 is 4.98 Å². The molecule has 0 aliphatic rings. The maximum Gasteiger partial charge on any atom is 0.122 e. The second-order valence-electron chi connectivity index (χ2n) is 2.57. The minimum absolute atomic E-state index is 0.359. The third-order valence-corrected chi connectivity index (χ3v) is 2.94. The highest BCUT2D eigenvalue weighted by Crippen LogP contribution is 2.28. The number of nitrogens with zero attached hydrogens (tertiary/aromatic N) is 1. The molecule has 0 spiro atoms. The largest absolute Gasteiger partial charge is 0.340 e. The van der Waals surface area contributed by atoms with Crippen molar-refractivity contribution in [2.24, 2.45) is 0 Å². The van der Waals surface area contributed by atoms with Gasteiger partial charge in [-0.2, -0.15) is 0 Å². The summed E-state index contributed by atoms with van der Waals surface area (Å²) < 4.78 is 0.941. The van der Waals surface area contributed by atoms with Gasteiger partial charge in [0.25, 0.3) is 0 Å². The number of imidazole rings is 1. The van der Waals surface area contributed by atoms with Gasteiger partial charge in [0.1, 0.15) is 11.3 Å². The van der Waals surface area contributed by atoms with E-state index in [0.717, 1.165) is 21.3 Å². The van der Waals surface area contributed by atoms with E-state index in [0.29, 0.717) is 10.9 Å². The molecule has 1 aromatic carbocycles. The highest BCUT2D eigenvalue weighted by atomic mass is 79.9. The van der Waals surface area contributed by atoms with Crippen molar-refractivity contribution in [3.05, 3.63) is 27.5 Å². The molecule has 1 aromatic heterocycles. The van der Waals surface area contributed by atoms with Crippen LogP contribution < -0.4 is 0 Å². The van der Waals surface area contributed by atoms with E-state index < -0.39 is 0 Å². The van der Waals surface area contributed by atoms with Crippen molar-refractivity contribution in [1.82, 2.24) is 9.97 Å². The van der Waals surface area contributed by atoms with E-state index in [-0.39, 0.29) is 0 Å². The Labute approximate surface area is 93.4 Å². The Bertz CT molecular complexity index is 414. The number of H-pyrrole nitrogens is 1. The fourth-order valence-corrected chi connectivity index (χ4v) is 1.89. The minimum Gasteiger partial charge on any atom is -0.340 e. The quantitative estimate of drug-likeness (QED) is 0.792. The molecule has 0 atom stereocenters. The van der Waals surface area contributed by atoms with Gasteiger partial charge in [0, 0.05) is 4.47 Å². The topological polar surface area (TPSA) is 28.7 Å². The number of nitrogens with one attached hydrogen (secondary N) is 1. The summed E-state index contributed by atoms with van der Waals surface area (Å²) in [6.07, 6.45) is 0. The van der Waals surface area contributed by atoms with E-state index >= 15 is 0 Å². The first-order valence-corrected chi connectivity index (χ1v) is 5.31. The number of hydrogen-bond donors (Lipinski definition) is 1. The van der Waals surface area contributed by atoms with Crippen LogP contribution in [0.15, 0.2) is 16.6 Å². The Morgan fingerprint density at radius 3 is 2.85 bits per heavy atom. The third-order valence-electron chi connectivity index (χ3n) is 1.72. The molecular weight excluding hydrogens is 275 g/mol. The average molecular weight is 280 g/mol. The summed E-state index contributed by atoms with van der Waals surface area (Å²) in [5, 5.41) is 0.630. The van der Waals surface area contributed by atoms with E-state index in [1.807, 2.05) is 6.07 Å². The van der Waals surface area contributed by atoms with Gasteiger partial charge in [-0.05, 0) is 28.1 Å². The van der Waals surface area contributed by atoms with Crippen molar-refractivity contribution < 1.29 is 0 Å². The van der Waals surface area contributed by atoms with Crippen LogP contribution in [-0.2, 0) is 5.88 Å². The lowest BCUT2D eigenvalue weighted by Gasteiger charge is -1.93. The van der Waals surface area contributed by atoms with Crippen LogP contribution in [0.25, 0.3) is 11.0 Å². The molecule has 0 aliphatic carbocycles. The van der Waals surface area contributed by atoms with E-state index in [1.54, 1.807) is 6.07 Å². The average Bonchev–Trinajstić information content (AvgIpc) is 2.56. The van der Waals surface area contributed by atoms with Crippen molar-refractivity contribution >= 4 is 50.2 Å². The van der Waals surface area contributed by atoms with Crippen LogP contribution in [0.4, 0.5) is 0 Å². The van der Waals surface area contributed by atoms with Gasteiger partial charge >= 0.3 is 0 Å². The molecule has 0 radical (unpaired) electrons. The Morgan fingerprint density at radius 2 is 2.23 bits per heavy atom. The Hall–Kier alpha value is -0.250. The molecule has 1 heterocycles. The van der Waals surface area contributed by atoms with Gasteiger partial charge in [-0.1, -0.05) is 11.6 Å². The standard InChI is InChI=1S/C8H5BrCl2N2/c9-4-1-2-5(11)8-7(4)12-6(3-10)13-8/h1-2H,3H2,(H,12,13). The molecular formula is C8H5BrCl2N2. The van der Waals surface area contributed by atoms with Gasteiger partial charge in [0.2, 0.25) is 0 Å². The zero-order chi connectivity index (χ0) is 9.42. The van der Waals surface area contributed by atoms with Gasteiger partial charge in [0.05, 0.1) is 16.4 Å².